The van der Waals surface area contributed by atoms with E-state index in [0.717, 1.165) is 5.69 Å². The molecule has 9 nitrogen and oxygen atoms in total. The molecule has 0 aliphatic carbocycles. The molecule has 0 atom stereocenters. The van der Waals surface area contributed by atoms with Gasteiger partial charge in [0.15, 0.2) is 0 Å². The number of amides is 1. The number of aromatic nitrogens is 3. The predicted octanol–water partition coefficient (Wildman–Crippen LogP) is 2.35. The number of sulfonamides is 1. The zero-order valence-electron chi connectivity index (χ0n) is 16.2. The minimum atomic E-state index is -3.77. The molecule has 0 bridgehead atoms. The molecule has 0 saturated heterocycles. The van der Waals surface area contributed by atoms with Gasteiger partial charge in [-0.05, 0) is 42.5 Å². The van der Waals surface area contributed by atoms with Gasteiger partial charge in [0.05, 0.1) is 28.2 Å². The first-order valence-electron chi connectivity index (χ1n) is 9.24. The summed E-state index contributed by atoms with van der Waals surface area (Å²) in [4.78, 5) is 25.7. The van der Waals surface area contributed by atoms with Gasteiger partial charge in [-0.2, -0.15) is 0 Å². The third-order valence-electron chi connectivity index (χ3n) is 4.45. The molecule has 0 saturated carbocycles. The van der Waals surface area contributed by atoms with Crippen LogP contribution < -0.4 is 15.8 Å². The zero-order chi connectivity index (χ0) is 21.8. The second-order valence-electron chi connectivity index (χ2n) is 6.64. The fourth-order valence-corrected chi connectivity index (χ4v) is 3.44. The molecule has 2 aromatic heterocycles. The molecule has 31 heavy (non-hydrogen) atoms. The molecule has 0 fully saturated rings. The minimum absolute atomic E-state index is 0.00402. The van der Waals surface area contributed by atoms with Crippen molar-refractivity contribution in [3.05, 3.63) is 84.3 Å². The van der Waals surface area contributed by atoms with Crippen molar-refractivity contribution in [1.82, 2.24) is 20.3 Å². The van der Waals surface area contributed by atoms with Crippen molar-refractivity contribution in [2.24, 2.45) is 5.14 Å². The monoisotopic (exact) mass is 434 g/mol. The first-order chi connectivity index (χ1) is 14.9. The second-order valence-corrected chi connectivity index (χ2v) is 8.20. The van der Waals surface area contributed by atoms with Crippen LogP contribution in [0.3, 0.4) is 0 Å². The highest BCUT2D eigenvalue weighted by molar-refractivity contribution is 7.89. The average molecular weight is 434 g/mol. The molecule has 4 rings (SSSR count). The highest BCUT2D eigenvalue weighted by atomic mass is 32.2. The Kier molecular flexibility index (Phi) is 5.56. The van der Waals surface area contributed by atoms with E-state index in [-0.39, 0.29) is 16.8 Å². The number of nitrogens with two attached hydrogens (primary N) is 1. The van der Waals surface area contributed by atoms with Gasteiger partial charge in [-0.3, -0.25) is 9.78 Å². The molecule has 0 unspecified atom stereocenters. The van der Waals surface area contributed by atoms with Crippen LogP contribution in [0.5, 0.6) is 0 Å². The Labute approximate surface area is 178 Å². The van der Waals surface area contributed by atoms with Gasteiger partial charge in [0.25, 0.3) is 5.91 Å². The molecule has 1 amide bonds. The Morgan fingerprint density at radius 2 is 1.77 bits per heavy atom. The fraction of sp³-hybridized carbons (Fsp3) is 0.0476. The van der Waals surface area contributed by atoms with E-state index < -0.39 is 10.0 Å². The van der Waals surface area contributed by atoms with E-state index in [0.29, 0.717) is 28.7 Å². The first-order valence-corrected chi connectivity index (χ1v) is 10.8. The van der Waals surface area contributed by atoms with Crippen molar-refractivity contribution in [2.75, 3.05) is 5.32 Å². The smallest absolute Gasteiger partial charge is 0.253 e. The summed E-state index contributed by atoms with van der Waals surface area (Å²) in [7, 11) is -3.77. The van der Waals surface area contributed by atoms with E-state index in [9.17, 15) is 13.2 Å². The Morgan fingerprint density at radius 1 is 0.968 bits per heavy atom. The lowest BCUT2D eigenvalue weighted by Gasteiger charge is -2.10. The number of fused-ring (bicyclic) bond motifs is 1. The summed E-state index contributed by atoms with van der Waals surface area (Å²) >= 11 is 0. The number of hydrogen-bond donors (Lipinski definition) is 3. The zero-order valence-corrected chi connectivity index (χ0v) is 17.0. The summed E-state index contributed by atoms with van der Waals surface area (Å²) in [6.45, 7) is 0.294. The van der Waals surface area contributed by atoms with Crippen LogP contribution in [-0.2, 0) is 16.6 Å². The van der Waals surface area contributed by atoms with E-state index in [1.165, 1.54) is 12.1 Å². The maximum Gasteiger partial charge on any atom is 0.253 e. The molecule has 2 aromatic carbocycles. The van der Waals surface area contributed by atoms with Crippen molar-refractivity contribution >= 4 is 38.5 Å². The van der Waals surface area contributed by atoms with Crippen molar-refractivity contribution in [3.63, 3.8) is 0 Å². The van der Waals surface area contributed by atoms with Crippen molar-refractivity contribution < 1.29 is 13.2 Å². The van der Waals surface area contributed by atoms with E-state index in [2.05, 4.69) is 25.6 Å². The van der Waals surface area contributed by atoms with E-state index >= 15 is 0 Å². The Balaban J connectivity index is 1.57. The average Bonchev–Trinajstić information content (AvgIpc) is 2.77. The van der Waals surface area contributed by atoms with Gasteiger partial charge >= 0.3 is 0 Å². The van der Waals surface area contributed by atoms with E-state index in [1.54, 1.807) is 36.7 Å². The number of carbonyl (C=O) groups excluding carboxylic acids is 1. The number of hydrogen-bond acceptors (Lipinski definition) is 7. The summed E-state index contributed by atoms with van der Waals surface area (Å²) in [6, 6.07) is 16.6. The van der Waals surface area contributed by atoms with Gasteiger partial charge in [0.1, 0.15) is 0 Å². The maximum atomic E-state index is 12.7. The minimum Gasteiger partial charge on any atom is -0.346 e. The lowest BCUT2D eigenvalue weighted by molar-refractivity contribution is 0.0952. The van der Waals surface area contributed by atoms with Gasteiger partial charge in [0, 0.05) is 23.5 Å². The highest BCUT2D eigenvalue weighted by Crippen LogP contribution is 2.21. The largest absolute Gasteiger partial charge is 0.346 e. The van der Waals surface area contributed by atoms with Crippen LogP contribution in [0.4, 0.5) is 11.6 Å². The summed E-state index contributed by atoms with van der Waals surface area (Å²) < 4.78 is 22.8. The molecule has 4 N–H and O–H groups in total. The van der Waals surface area contributed by atoms with Crippen molar-refractivity contribution in [3.8, 4) is 0 Å². The number of carbonyl (C=O) groups is 1. The Bertz CT molecular complexity index is 1340. The van der Waals surface area contributed by atoms with Gasteiger partial charge in [-0.15, -0.1) is 0 Å². The van der Waals surface area contributed by atoms with Gasteiger partial charge < -0.3 is 10.6 Å². The topological polar surface area (TPSA) is 140 Å². The maximum absolute atomic E-state index is 12.7. The molecule has 0 aliphatic rings. The second kappa shape index (κ2) is 8.46. The normalized spacial score (nSPS) is 11.3. The van der Waals surface area contributed by atoms with Gasteiger partial charge in [-0.1, -0.05) is 18.2 Å². The molecule has 2 heterocycles. The summed E-state index contributed by atoms with van der Waals surface area (Å²) in [5, 5.41) is 11.7. The number of primary sulfonamides is 1. The van der Waals surface area contributed by atoms with Crippen LogP contribution in [0.1, 0.15) is 16.1 Å². The number of pyridine rings is 1. The third-order valence-corrected chi connectivity index (χ3v) is 5.38. The summed E-state index contributed by atoms with van der Waals surface area (Å²) in [5.41, 5.74) is 2.21. The molecule has 4 aromatic rings. The summed E-state index contributed by atoms with van der Waals surface area (Å²) in [5.74, 6) is -0.0146. The summed E-state index contributed by atoms with van der Waals surface area (Å²) in [6.07, 6.45) is 3.28. The Hall–Kier alpha value is -3.89. The number of benzene rings is 2. The number of anilines is 2. The third kappa shape index (κ3) is 4.82. The fourth-order valence-electron chi connectivity index (χ4n) is 2.93. The van der Waals surface area contributed by atoms with Crippen LogP contribution >= 0.6 is 0 Å². The molecule has 0 spiro atoms. The van der Waals surface area contributed by atoms with Crippen LogP contribution in [0.15, 0.2) is 78.0 Å². The predicted molar refractivity (Wildman–Crippen MR) is 116 cm³/mol. The molecule has 156 valence electrons. The van der Waals surface area contributed by atoms with E-state index in [4.69, 9.17) is 5.14 Å². The molecule has 0 aliphatic heterocycles. The molecule has 0 radical (unpaired) electrons. The van der Waals surface area contributed by atoms with Crippen LogP contribution in [0.25, 0.3) is 10.9 Å². The van der Waals surface area contributed by atoms with Crippen LogP contribution in [-0.4, -0.2) is 29.3 Å². The van der Waals surface area contributed by atoms with Crippen molar-refractivity contribution in [2.45, 2.75) is 11.4 Å². The van der Waals surface area contributed by atoms with Gasteiger partial charge in [-0.25, -0.2) is 23.5 Å². The molecule has 10 heteroatoms. The molecular formula is C21H18N6O3S. The standard InChI is InChI=1S/C21H18N6O3S/c22-31(29,30)17-9-7-15(8-10-17)26-21-25-12-14-4-3-6-18(19(14)27-21)20(28)24-13-16-5-1-2-11-23-16/h1-12H,13H2,(H,24,28)(H2,22,29,30)(H,25,26,27). The SMILES string of the molecule is NS(=O)(=O)c1ccc(Nc2ncc3cccc(C(=O)NCc4ccccn4)c3n2)cc1. The lowest BCUT2D eigenvalue weighted by atomic mass is 10.1. The van der Waals surface area contributed by atoms with Gasteiger partial charge in [0.2, 0.25) is 16.0 Å². The number of rotatable bonds is 6. The van der Waals surface area contributed by atoms with Crippen molar-refractivity contribution in [1.29, 1.82) is 0 Å². The first kappa shape index (κ1) is 20.4. The number of nitrogens with one attached hydrogen (secondary N) is 2. The Morgan fingerprint density at radius 3 is 2.48 bits per heavy atom. The lowest BCUT2D eigenvalue weighted by Crippen LogP contribution is -2.23. The quantitative estimate of drug-likeness (QED) is 0.423. The van der Waals surface area contributed by atoms with Crippen LogP contribution in [0, 0.1) is 0 Å². The number of para-hydroxylation sites is 1. The molecular weight excluding hydrogens is 416 g/mol. The highest BCUT2D eigenvalue weighted by Gasteiger charge is 2.13. The van der Waals surface area contributed by atoms with E-state index in [1.807, 2.05) is 24.3 Å². The number of nitrogens with zero attached hydrogens (tertiary/aromatic N) is 3. The van der Waals surface area contributed by atoms with Crippen LogP contribution in [0.2, 0.25) is 0 Å².